The average molecular weight is 408 g/mol. The van der Waals surface area contributed by atoms with E-state index in [0.717, 1.165) is 42.0 Å². The number of nitrogens with zero attached hydrogens (tertiary/aromatic N) is 6. The Morgan fingerprint density at radius 2 is 1.97 bits per heavy atom. The summed E-state index contributed by atoms with van der Waals surface area (Å²) in [5.74, 6) is 1.63. The van der Waals surface area contributed by atoms with Crippen molar-refractivity contribution >= 4 is 44.7 Å². The molecular formula is C20H21N7OS. The second-order valence-corrected chi connectivity index (χ2v) is 8.55. The lowest BCUT2D eigenvalue weighted by Gasteiger charge is -2.32. The molecule has 0 aliphatic carbocycles. The highest BCUT2D eigenvalue weighted by atomic mass is 32.1. The largest absolute Gasteiger partial charge is 0.356 e. The second-order valence-electron chi connectivity index (χ2n) is 7.34. The maximum absolute atomic E-state index is 12.8. The van der Waals surface area contributed by atoms with Crippen LogP contribution in [0.3, 0.4) is 0 Å². The van der Waals surface area contributed by atoms with Crippen LogP contribution in [0.15, 0.2) is 30.9 Å². The Bertz CT molecular complexity index is 1210. The van der Waals surface area contributed by atoms with Crippen molar-refractivity contribution in [1.29, 1.82) is 0 Å². The summed E-state index contributed by atoms with van der Waals surface area (Å²) in [7, 11) is 0. The highest BCUT2D eigenvalue weighted by molar-refractivity contribution is 7.18. The van der Waals surface area contributed by atoms with Gasteiger partial charge in [0.2, 0.25) is 5.91 Å². The topological polar surface area (TPSA) is 88.3 Å². The van der Waals surface area contributed by atoms with Crippen LogP contribution in [0.1, 0.15) is 23.3 Å². The van der Waals surface area contributed by atoms with Gasteiger partial charge in [-0.1, -0.05) is 0 Å². The van der Waals surface area contributed by atoms with Gasteiger partial charge in [-0.3, -0.25) is 4.79 Å². The molecule has 0 spiro atoms. The van der Waals surface area contributed by atoms with E-state index in [9.17, 15) is 4.79 Å². The third-order valence-electron chi connectivity index (χ3n) is 5.65. The lowest BCUT2D eigenvalue weighted by atomic mass is 9.95. The number of fused-ring (bicyclic) bond motifs is 2. The first-order valence-corrected chi connectivity index (χ1v) is 10.5. The summed E-state index contributed by atoms with van der Waals surface area (Å²) in [6, 6.07) is 3.58. The van der Waals surface area contributed by atoms with E-state index >= 15 is 0 Å². The van der Waals surface area contributed by atoms with Crippen molar-refractivity contribution in [2.75, 3.05) is 23.3 Å². The van der Waals surface area contributed by atoms with Crippen molar-refractivity contribution in [2.45, 2.75) is 26.7 Å². The molecule has 29 heavy (non-hydrogen) atoms. The van der Waals surface area contributed by atoms with Gasteiger partial charge >= 0.3 is 0 Å². The number of rotatable bonds is 3. The Morgan fingerprint density at radius 3 is 2.79 bits per heavy atom. The van der Waals surface area contributed by atoms with Gasteiger partial charge in [0.25, 0.3) is 0 Å². The van der Waals surface area contributed by atoms with E-state index < -0.39 is 0 Å². The lowest BCUT2D eigenvalue weighted by molar-refractivity contribution is -0.120. The van der Waals surface area contributed by atoms with Gasteiger partial charge in [-0.25, -0.2) is 15.0 Å². The molecule has 0 saturated carbocycles. The minimum atomic E-state index is -0.0346. The van der Waals surface area contributed by atoms with E-state index in [1.165, 1.54) is 10.4 Å². The van der Waals surface area contributed by atoms with Crippen LogP contribution in [-0.2, 0) is 4.79 Å². The number of thiophene rings is 1. The predicted molar refractivity (Wildman–Crippen MR) is 113 cm³/mol. The van der Waals surface area contributed by atoms with Crippen LogP contribution in [0.25, 0.3) is 15.9 Å². The molecular weight excluding hydrogens is 386 g/mol. The van der Waals surface area contributed by atoms with Crippen molar-refractivity contribution in [3.05, 3.63) is 41.3 Å². The van der Waals surface area contributed by atoms with Crippen LogP contribution in [0.4, 0.5) is 11.6 Å². The lowest BCUT2D eigenvalue weighted by Crippen LogP contribution is -2.38. The molecule has 5 heterocycles. The van der Waals surface area contributed by atoms with Crippen molar-refractivity contribution < 1.29 is 4.79 Å². The van der Waals surface area contributed by atoms with Crippen molar-refractivity contribution in [3.8, 4) is 0 Å². The summed E-state index contributed by atoms with van der Waals surface area (Å²) < 4.78 is 1.65. The number of hydrogen-bond donors (Lipinski definition) is 1. The summed E-state index contributed by atoms with van der Waals surface area (Å²) in [4.78, 5) is 30.7. The summed E-state index contributed by atoms with van der Waals surface area (Å²) in [6.45, 7) is 5.85. The maximum Gasteiger partial charge on any atom is 0.228 e. The van der Waals surface area contributed by atoms with E-state index in [-0.39, 0.29) is 11.8 Å². The standard InChI is InChI=1S/C20H21N7OS/c1-12-13(2)29-20-17(12)18(22-11-23-20)26-9-5-14(6-10-26)19(28)25-16-3-7-21-15-4-8-24-27(15)16/h3-4,7-8,11,14H,5-6,9-10H2,1-2H3,(H,25,28). The molecule has 0 bridgehead atoms. The SMILES string of the molecule is Cc1sc2ncnc(N3CCC(C(=O)Nc4ccnc5ccnn45)CC3)c2c1C. The number of piperidine rings is 1. The first kappa shape index (κ1) is 18.0. The number of nitrogens with one attached hydrogen (secondary N) is 1. The number of aryl methyl sites for hydroxylation is 2. The smallest absolute Gasteiger partial charge is 0.228 e. The zero-order chi connectivity index (χ0) is 20.0. The minimum absolute atomic E-state index is 0.0306. The van der Waals surface area contributed by atoms with Gasteiger partial charge in [0.15, 0.2) is 5.65 Å². The van der Waals surface area contributed by atoms with Crippen LogP contribution >= 0.6 is 11.3 Å². The zero-order valence-electron chi connectivity index (χ0n) is 16.3. The van der Waals surface area contributed by atoms with E-state index in [2.05, 4.69) is 44.1 Å². The molecule has 4 aromatic heterocycles. The number of carbonyl (C=O) groups excluding carboxylic acids is 1. The van der Waals surface area contributed by atoms with Crippen LogP contribution < -0.4 is 10.2 Å². The summed E-state index contributed by atoms with van der Waals surface area (Å²) >= 11 is 1.71. The normalized spacial score (nSPS) is 15.3. The Kier molecular flexibility index (Phi) is 4.39. The Hall–Kier alpha value is -3.07. The van der Waals surface area contributed by atoms with Gasteiger partial charge in [-0.2, -0.15) is 9.61 Å². The first-order valence-electron chi connectivity index (χ1n) is 9.67. The summed E-state index contributed by atoms with van der Waals surface area (Å²) in [5, 5.41) is 8.39. The predicted octanol–water partition coefficient (Wildman–Crippen LogP) is 3.21. The van der Waals surface area contributed by atoms with Crippen LogP contribution in [0.5, 0.6) is 0 Å². The fourth-order valence-electron chi connectivity index (χ4n) is 3.91. The number of hydrogen-bond acceptors (Lipinski definition) is 7. The highest BCUT2D eigenvalue weighted by Gasteiger charge is 2.27. The number of amides is 1. The monoisotopic (exact) mass is 407 g/mol. The fourth-order valence-corrected chi connectivity index (χ4v) is 4.91. The second kappa shape index (κ2) is 7.07. The molecule has 0 atom stereocenters. The molecule has 1 saturated heterocycles. The van der Waals surface area contributed by atoms with Crippen LogP contribution in [0, 0.1) is 19.8 Å². The third-order valence-corrected chi connectivity index (χ3v) is 6.77. The van der Waals surface area contributed by atoms with E-state index in [1.54, 1.807) is 40.6 Å². The summed E-state index contributed by atoms with van der Waals surface area (Å²) in [6.07, 6.45) is 6.57. The van der Waals surface area contributed by atoms with E-state index in [4.69, 9.17) is 0 Å². The van der Waals surface area contributed by atoms with Crippen molar-refractivity contribution in [2.24, 2.45) is 5.92 Å². The fraction of sp³-hybridized carbons (Fsp3) is 0.350. The first-order chi connectivity index (χ1) is 14.1. The van der Waals surface area contributed by atoms with Crippen molar-refractivity contribution in [3.63, 3.8) is 0 Å². The van der Waals surface area contributed by atoms with Gasteiger partial charge in [0, 0.05) is 36.1 Å². The molecule has 5 rings (SSSR count). The maximum atomic E-state index is 12.8. The van der Waals surface area contributed by atoms with Crippen LogP contribution in [-0.4, -0.2) is 43.6 Å². The molecule has 0 radical (unpaired) electrons. The molecule has 0 aromatic carbocycles. The average Bonchev–Trinajstić information content (AvgIpc) is 3.33. The van der Waals surface area contributed by atoms with Gasteiger partial charge in [0.05, 0.1) is 11.6 Å². The van der Waals surface area contributed by atoms with Crippen LogP contribution in [0.2, 0.25) is 0 Å². The Labute approximate surface area is 171 Å². The molecule has 1 amide bonds. The third kappa shape index (κ3) is 3.11. The molecule has 8 nitrogen and oxygen atoms in total. The van der Waals surface area contributed by atoms with E-state index in [0.29, 0.717) is 11.5 Å². The number of anilines is 2. The van der Waals surface area contributed by atoms with Gasteiger partial charge in [0.1, 0.15) is 22.8 Å². The minimum Gasteiger partial charge on any atom is -0.356 e. The number of carbonyl (C=O) groups is 1. The molecule has 1 aliphatic heterocycles. The molecule has 148 valence electrons. The quantitative estimate of drug-likeness (QED) is 0.561. The molecule has 1 aliphatic rings. The van der Waals surface area contributed by atoms with Gasteiger partial charge < -0.3 is 10.2 Å². The van der Waals surface area contributed by atoms with Gasteiger partial charge in [-0.15, -0.1) is 11.3 Å². The summed E-state index contributed by atoms with van der Waals surface area (Å²) in [5.41, 5.74) is 1.97. The Balaban J connectivity index is 1.31. The zero-order valence-corrected chi connectivity index (χ0v) is 17.1. The molecule has 0 unspecified atom stereocenters. The Morgan fingerprint density at radius 1 is 1.14 bits per heavy atom. The molecule has 1 fully saturated rings. The molecule has 4 aromatic rings. The highest BCUT2D eigenvalue weighted by Crippen LogP contribution is 2.35. The number of aromatic nitrogens is 5. The van der Waals surface area contributed by atoms with E-state index in [1.807, 2.05) is 6.07 Å². The van der Waals surface area contributed by atoms with Crippen molar-refractivity contribution in [1.82, 2.24) is 24.6 Å². The molecule has 9 heteroatoms. The molecule has 1 N–H and O–H groups in total. The van der Waals surface area contributed by atoms with Gasteiger partial charge in [-0.05, 0) is 38.3 Å².